The summed E-state index contributed by atoms with van der Waals surface area (Å²) < 4.78 is 38.6. The Balaban J connectivity index is 2.09. The molecule has 0 aliphatic rings. The fourth-order valence-corrected chi connectivity index (χ4v) is 2.25. The molecule has 2 rings (SSSR count). The lowest BCUT2D eigenvalue weighted by atomic mass is 10.2. The van der Waals surface area contributed by atoms with Crippen LogP contribution in [0.4, 0.5) is 13.2 Å². The number of halogens is 3. The molecule has 0 unspecified atom stereocenters. The first-order valence-corrected chi connectivity index (χ1v) is 8.08. The number of benzene rings is 1. The molecule has 1 aromatic carbocycles. The molecule has 0 saturated heterocycles. The average Bonchev–Trinajstić information content (AvgIpc) is 2.98. The van der Waals surface area contributed by atoms with E-state index in [-0.39, 0.29) is 6.54 Å². The molecule has 8 heteroatoms. The summed E-state index contributed by atoms with van der Waals surface area (Å²) in [7, 11) is 0. The van der Waals surface area contributed by atoms with Crippen LogP contribution in [0.15, 0.2) is 41.5 Å². The summed E-state index contributed by atoms with van der Waals surface area (Å²) in [5.41, 5.74) is 2.73. The minimum absolute atomic E-state index is 0.213. The van der Waals surface area contributed by atoms with E-state index in [1.165, 1.54) is 0 Å². The van der Waals surface area contributed by atoms with Crippen LogP contribution in [0.2, 0.25) is 0 Å². The Morgan fingerprint density at radius 3 is 2.60 bits per heavy atom. The number of hydrogen-bond acceptors (Lipinski definition) is 2. The van der Waals surface area contributed by atoms with Gasteiger partial charge in [-0.05, 0) is 31.5 Å². The maximum atomic E-state index is 12.3. The smallest absolute Gasteiger partial charge is 0.357 e. The van der Waals surface area contributed by atoms with Crippen LogP contribution < -0.4 is 10.6 Å². The molecule has 2 aromatic rings. The Hall–Kier alpha value is -2.51. The van der Waals surface area contributed by atoms with Crippen LogP contribution in [-0.4, -0.2) is 35.0 Å². The molecule has 0 saturated carbocycles. The summed E-state index contributed by atoms with van der Waals surface area (Å²) in [5.74, 6) is 0.359. The van der Waals surface area contributed by atoms with Crippen LogP contribution in [0.1, 0.15) is 24.6 Å². The van der Waals surface area contributed by atoms with Gasteiger partial charge in [0.15, 0.2) is 5.96 Å². The maximum Gasteiger partial charge on any atom is 0.390 e. The highest BCUT2D eigenvalue weighted by Crippen LogP contribution is 2.18. The van der Waals surface area contributed by atoms with Crippen LogP contribution in [0.3, 0.4) is 0 Å². The molecular formula is C17H22F3N5. The van der Waals surface area contributed by atoms with Gasteiger partial charge in [-0.25, -0.2) is 9.67 Å². The molecule has 5 nitrogen and oxygen atoms in total. The Morgan fingerprint density at radius 2 is 1.96 bits per heavy atom. The van der Waals surface area contributed by atoms with E-state index in [9.17, 15) is 13.2 Å². The zero-order valence-electron chi connectivity index (χ0n) is 14.3. The second kappa shape index (κ2) is 8.55. The fourth-order valence-electron chi connectivity index (χ4n) is 2.25. The third-order valence-corrected chi connectivity index (χ3v) is 3.41. The summed E-state index contributed by atoms with van der Waals surface area (Å²) >= 11 is 0. The van der Waals surface area contributed by atoms with E-state index in [0.717, 1.165) is 16.9 Å². The summed E-state index contributed by atoms with van der Waals surface area (Å²) in [5, 5.41) is 10.1. The van der Waals surface area contributed by atoms with Crippen molar-refractivity contribution in [2.24, 2.45) is 4.99 Å². The highest BCUT2D eigenvalue weighted by Gasteiger charge is 2.26. The molecule has 0 spiro atoms. The van der Waals surface area contributed by atoms with Gasteiger partial charge in [0.05, 0.1) is 24.3 Å². The Morgan fingerprint density at radius 1 is 1.20 bits per heavy atom. The summed E-state index contributed by atoms with van der Waals surface area (Å²) in [6.45, 7) is 4.45. The van der Waals surface area contributed by atoms with Gasteiger partial charge in [0, 0.05) is 19.3 Å². The van der Waals surface area contributed by atoms with Crippen LogP contribution in [0.25, 0.3) is 5.69 Å². The van der Waals surface area contributed by atoms with Crippen LogP contribution >= 0.6 is 0 Å². The topological polar surface area (TPSA) is 54.2 Å². The minimum atomic E-state index is -4.19. The Kier molecular flexibility index (Phi) is 6.44. The normalized spacial score (nSPS) is 12.3. The second-order valence-corrected chi connectivity index (χ2v) is 5.52. The van der Waals surface area contributed by atoms with E-state index >= 15 is 0 Å². The largest absolute Gasteiger partial charge is 0.390 e. The number of nitrogens with one attached hydrogen (secondary N) is 2. The maximum absolute atomic E-state index is 12.3. The first-order chi connectivity index (χ1) is 11.9. The van der Waals surface area contributed by atoms with Gasteiger partial charge in [-0.15, -0.1) is 0 Å². The number of hydrogen-bond donors (Lipinski definition) is 2. The monoisotopic (exact) mass is 353 g/mol. The third kappa shape index (κ3) is 6.13. The molecule has 1 aromatic heterocycles. The van der Waals surface area contributed by atoms with Crippen molar-refractivity contribution in [3.8, 4) is 5.69 Å². The number of para-hydroxylation sites is 1. The molecular weight excluding hydrogens is 331 g/mol. The van der Waals surface area contributed by atoms with Gasteiger partial charge in [-0.2, -0.15) is 18.3 Å². The number of aliphatic imine (C=N–C) groups is 1. The minimum Gasteiger partial charge on any atom is -0.357 e. The van der Waals surface area contributed by atoms with Crippen molar-refractivity contribution in [1.82, 2.24) is 20.4 Å². The standard InChI is InChI=1S/C17H22F3N5/c1-3-21-16(22-10-9-17(18,19)20)23-12-14-6-4-5-7-15(14)25-11-8-13(2)24-25/h4-8,11H,3,9-10,12H2,1-2H3,(H2,21,22,23). The van der Waals surface area contributed by atoms with Crippen LogP contribution in [0.5, 0.6) is 0 Å². The first-order valence-electron chi connectivity index (χ1n) is 8.08. The van der Waals surface area contributed by atoms with Gasteiger partial charge >= 0.3 is 6.18 Å². The molecule has 136 valence electrons. The Labute approximate surface area is 145 Å². The van der Waals surface area contributed by atoms with E-state index in [2.05, 4.69) is 20.7 Å². The number of aryl methyl sites for hydroxylation is 1. The summed E-state index contributed by atoms with van der Waals surface area (Å²) in [6.07, 6.45) is -3.22. The van der Waals surface area contributed by atoms with Crippen LogP contribution in [0, 0.1) is 6.92 Å². The van der Waals surface area contributed by atoms with E-state index in [1.54, 1.807) is 4.68 Å². The van der Waals surface area contributed by atoms with Crippen LogP contribution in [-0.2, 0) is 6.54 Å². The molecule has 0 amide bonds. The Bertz CT molecular complexity index is 706. The number of alkyl halides is 3. The average molecular weight is 353 g/mol. The summed E-state index contributed by atoms with van der Waals surface area (Å²) in [4.78, 5) is 4.38. The predicted octanol–water partition coefficient (Wildman–Crippen LogP) is 3.19. The van der Waals surface area contributed by atoms with Gasteiger partial charge in [0.25, 0.3) is 0 Å². The molecule has 0 bridgehead atoms. The number of guanidine groups is 1. The van der Waals surface area contributed by atoms with Crippen molar-refractivity contribution >= 4 is 5.96 Å². The van der Waals surface area contributed by atoms with Gasteiger partial charge in [-0.3, -0.25) is 0 Å². The van der Waals surface area contributed by atoms with Crippen molar-refractivity contribution in [3.63, 3.8) is 0 Å². The third-order valence-electron chi connectivity index (χ3n) is 3.41. The molecule has 1 heterocycles. The van der Waals surface area contributed by atoms with E-state index in [4.69, 9.17) is 0 Å². The van der Waals surface area contributed by atoms with E-state index < -0.39 is 12.6 Å². The lowest BCUT2D eigenvalue weighted by Gasteiger charge is -2.13. The van der Waals surface area contributed by atoms with Crippen molar-refractivity contribution < 1.29 is 13.2 Å². The zero-order valence-corrected chi connectivity index (χ0v) is 14.3. The molecule has 0 aliphatic carbocycles. The van der Waals surface area contributed by atoms with Crippen molar-refractivity contribution in [2.45, 2.75) is 33.0 Å². The quantitative estimate of drug-likeness (QED) is 0.619. The highest BCUT2D eigenvalue weighted by atomic mass is 19.4. The van der Waals surface area contributed by atoms with E-state index in [1.807, 2.05) is 50.4 Å². The number of rotatable bonds is 6. The van der Waals surface area contributed by atoms with Crippen molar-refractivity contribution in [1.29, 1.82) is 0 Å². The summed E-state index contributed by atoms with van der Waals surface area (Å²) in [6, 6.07) is 9.57. The first kappa shape index (κ1) is 18.8. The number of nitrogens with zero attached hydrogens (tertiary/aromatic N) is 3. The predicted molar refractivity (Wildman–Crippen MR) is 91.8 cm³/mol. The lowest BCUT2D eigenvalue weighted by Crippen LogP contribution is -2.38. The van der Waals surface area contributed by atoms with Gasteiger partial charge < -0.3 is 10.6 Å². The number of aromatic nitrogens is 2. The fraction of sp³-hybridized carbons (Fsp3) is 0.412. The molecule has 25 heavy (non-hydrogen) atoms. The van der Waals surface area contributed by atoms with Crippen molar-refractivity contribution in [3.05, 3.63) is 47.8 Å². The second-order valence-electron chi connectivity index (χ2n) is 5.52. The zero-order chi connectivity index (χ0) is 18.3. The molecule has 0 radical (unpaired) electrons. The van der Waals surface area contributed by atoms with E-state index in [0.29, 0.717) is 19.0 Å². The molecule has 0 atom stereocenters. The molecule has 2 N–H and O–H groups in total. The molecule has 0 fully saturated rings. The highest BCUT2D eigenvalue weighted by molar-refractivity contribution is 5.79. The lowest BCUT2D eigenvalue weighted by molar-refractivity contribution is -0.132. The van der Waals surface area contributed by atoms with Gasteiger partial charge in [-0.1, -0.05) is 18.2 Å². The van der Waals surface area contributed by atoms with Gasteiger partial charge in [0.1, 0.15) is 0 Å². The SMILES string of the molecule is CCNC(=NCc1ccccc1-n1ccc(C)n1)NCCC(F)(F)F. The van der Waals surface area contributed by atoms with Gasteiger partial charge in [0.2, 0.25) is 0 Å². The molecule has 0 aliphatic heterocycles. The van der Waals surface area contributed by atoms with Crippen molar-refractivity contribution in [2.75, 3.05) is 13.1 Å².